The highest BCUT2D eigenvalue weighted by molar-refractivity contribution is 5.96. The largest absolute Gasteiger partial charge is 0.397 e. The summed E-state index contributed by atoms with van der Waals surface area (Å²) < 4.78 is 5.73. The Kier molecular flexibility index (Phi) is 4.73. The van der Waals surface area contributed by atoms with Gasteiger partial charge in [-0.25, -0.2) is 0 Å². The summed E-state index contributed by atoms with van der Waals surface area (Å²) in [4.78, 5) is 16.0. The fourth-order valence-electron chi connectivity index (χ4n) is 2.66. The number of nitrogen functional groups attached to an aromatic ring is 1. The second-order valence-electron chi connectivity index (χ2n) is 5.83. The lowest BCUT2D eigenvalue weighted by molar-refractivity contribution is 0.0300. The van der Waals surface area contributed by atoms with Crippen molar-refractivity contribution in [3.8, 4) is 0 Å². The highest BCUT2D eigenvalue weighted by Gasteiger charge is 2.27. The van der Waals surface area contributed by atoms with Crippen molar-refractivity contribution >= 4 is 17.3 Å². The number of benzene rings is 1. The molecule has 5 heteroatoms. The molecule has 1 aliphatic heterocycles. The topological polar surface area (TPSA) is 58.8 Å². The van der Waals surface area contributed by atoms with Crippen LogP contribution in [-0.2, 0) is 4.74 Å². The summed E-state index contributed by atoms with van der Waals surface area (Å²) in [5.74, 6) is -0.00870. The van der Waals surface area contributed by atoms with Gasteiger partial charge in [0.1, 0.15) is 0 Å². The summed E-state index contributed by atoms with van der Waals surface area (Å²) >= 11 is 0. The molecule has 1 aromatic rings. The molecule has 1 amide bonds. The maximum Gasteiger partial charge on any atom is 0.253 e. The molecule has 1 aromatic carbocycles. The van der Waals surface area contributed by atoms with Gasteiger partial charge in [0.2, 0.25) is 0 Å². The Balaban J connectivity index is 2.36. The number of hydrogen-bond acceptors (Lipinski definition) is 4. The van der Waals surface area contributed by atoms with Crippen LogP contribution < -0.4 is 10.6 Å². The third-order valence-electron chi connectivity index (χ3n) is 3.93. The lowest BCUT2D eigenvalue weighted by atomic mass is 10.1. The Morgan fingerprint density at radius 3 is 2.81 bits per heavy atom. The molecular weight excluding hydrogens is 266 g/mol. The zero-order valence-electron chi connectivity index (χ0n) is 13.3. The van der Waals surface area contributed by atoms with Gasteiger partial charge in [-0.05, 0) is 31.5 Å². The van der Waals surface area contributed by atoms with Gasteiger partial charge in [0, 0.05) is 26.2 Å². The second kappa shape index (κ2) is 6.35. The van der Waals surface area contributed by atoms with Crippen molar-refractivity contribution in [2.24, 2.45) is 0 Å². The first kappa shape index (κ1) is 15.6. The number of anilines is 2. The van der Waals surface area contributed by atoms with Crippen molar-refractivity contribution in [3.63, 3.8) is 0 Å². The van der Waals surface area contributed by atoms with E-state index in [4.69, 9.17) is 10.5 Å². The number of morpholine rings is 1. The van der Waals surface area contributed by atoms with Crippen LogP contribution in [0.15, 0.2) is 18.2 Å². The fourth-order valence-corrected chi connectivity index (χ4v) is 2.66. The predicted molar refractivity (Wildman–Crippen MR) is 85.7 cm³/mol. The Morgan fingerprint density at radius 2 is 2.19 bits per heavy atom. The molecule has 0 bridgehead atoms. The number of carbonyl (C=O) groups excluding carboxylic acids is 1. The average molecular weight is 291 g/mol. The summed E-state index contributed by atoms with van der Waals surface area (Å²) in [6.07, 6.45) is 1.15. The van der Waals surface area contributed by atoms with E-state index in [1.807, 2.05) is 12.1 Å². The van der Waals surface area contributed by atoms with Gasteiger partial charge in [-0.2, -0.15) is 0 Å². The van der Waals surface area contributed by atoms with Crippen LogP contribution >= 0.6 is 0 Å². The minimum Gasteiger partial charge on any atom is -0.397 e. The molecule has 1 fully saturated rings. The van der Waals surface area contributed by atoms with Crippen LogP contribution in [-0.4, -0.2) is 50.2 Å². The van der Waals surface area contributed by atoms with E-state index >= 15 is 0 Å². The average Bonchev–Trinajstić information content (AvgIpc) is 2.47. The number of hydrogen-bond donors (Lipinski definition) is 1. The number of carbonyl (C=O) groups is 1. The first-order valence-corrected chi connectivity index (χ1v) is 7.43. The highest BCUT2D eigenvalue weighted by Crippen LogP contribution is 2.30. The van der Waals surface area contributed by atoms with Crippen LogP contribution in [0.1, 0.15) is 30.6 Å². The van der Waals surface area contributed by atoms with Crippen molar-refractivity contribution in [1.82, 2.24) is 4.90 Å². The minimum atomic E-state index is -0.00870. The summed E-state index contributed by atoms with van der Waals surface area (Å²) in [5, 5.41) is 0. The molecule has 1 saturated heterocycles. The van der Waals surface area contributed by atoms with E-state index in [9.17, 15) is 4.79 Å². The molecule has 5 nitrogen and oxygen atoms in total. The fraction of sp³-hybridized carbons (Fsp3) is 0.562. The van der Waals surface area contributed by atoms with Crippen molar-refractivity contribution in [2.75, 3.05) is 37.9 Å². The quantitative estimate of drug-likeness (QED) is 0.865. The van der Waals surface area contributed by atoms with Gasteiger partial charge < -0.3 is 20.3 Å². The molecule has 21 heavy (non-hydrogen) atoms. The van der Waals surface area contributed by atoms with Crippen LogP contribution in [0.25, 0.3) is 0 Å². The Morgan fingerprint density at radius 1 is 1.48 bits per heavy atom. The number of nitrogens with zero attached hydrogens (tertiary/aromatic N) is 2. The molecule has 0 aromatic heterocycles. The molecule has 2 atom stereocenters. The summed E-state index contributed by atoms with van der Waals surface area (Å²) in [7, 11) is 3.51. The zero-order chi connectivity index (χ0) is 15.6. The summed E-state index contributed by atoms with van der Waals surface area (Å²) in [6, 6.07) is 5.80. The standard InChI is InChI=1S/C16H25N3O2/c1-5-13-10-21-11(2)9-19(13)15-8-12(6-7-14(15)17)16(20)18(3)4/h6-8,11,13H,5,9-10,17H2,1-4H3. The SMILES string of the molecule is CCC1COC(C)CN1c1cc(C(=O)N(C)C)ccc1N. The van der Waals surface area contributed by atoms with Crippen molar-refractivity contribution in [1.29, 1.82) is 0 Å². The third-order valence-corrected chi connectivity index (χ3v) is 3.93. The smallest absolute Gasteiger partial charge is 0.253 e. The van der Waals surface area contributed by atoms with Crippen LogP contribution in [0.3, 0.4) is 0 Å². The van der Waals surface area contributed by atoms with Crippen molar-refractivity contribution in [3.05, 3.63) is 23.8 Å². The zero-order valence-corrected chi connectivity index (χ0v) is 13.3. The van der Waals surface area contributed by atoms with E-state index in [-0.39, 0.29) is 12.0 Å². The first-order valence-electron chi connectivity index (χ1n) is 7.43. The molecule has 116 valence electrons. The monoisotopic (exact) mass is 291 g/mol. The third kappa shape index (κ3) is 3.29. The van der Waals surface area contributed by atoms with E-state index in [0.717, 1.165) is 18.7 Å². The van der Waals surface area contributed by atoms with Crippen molar-refractivity contribution < 1.29 is 9.53 Å². The summed E-state index contributed by atoms with van der Waals surface area (Å²) in [5.41, 5.74) is 8.46. The van der Waals surface area contributed by atoms with Crippen LogP contribution in [0.2, 0.25) is 0 Å². The molecule has 1 heterocycles. The lowest BCUT2D eigenvalue weighted by Gasteiger charge is -2.40. The number of amides is 1. The Bertz CT molecular complexity index is 516. The maximum atomic E-state index is 12.1. The van der Waals surface area contributed by atoms with Crippen LogP contribution in [0, 0.1) is 0 Å². The predicted octanol–water partition coefficient (Wildman–Crippen LogP) is 1.97. The van der Waals surface area contributed by atoms with Gasteiger partial charge in [-0.15, -0.1) is 0 Å². The van der Waals surface area contributed by atoms with Crippen molar-refractivity contribution in [2.45, 2.75) is 32.4 Å². The molecule has 0 radical (unpaired) electrons. The second-order valence-corrected chi connectivity index (χ2v) is 5.83. The number of ether oxygens (including phenoxy) is 1. The lowest BCUT2D eigenvalue weighted by Crippen LogP contribution is -2.49. The van der Waals surface area contributed by atoms with E-state index in [2.05, 4.69) is 18.7 Å². The molecule has 0 spiro atoms. The van der Waals surface area contributed by atoms with Crippen LogP contribution in [0.5, 0.6) is 0 Å². The van der Waals surface area contributed by atoms with Gasteiger partial charge in [-0.3, -0.25) is 4.79 Å². The Labute approximate surface area is 126 Å². The van der Waals surface area contributed by atoms with Gasteiger partial charge in [0.25, 0.3) is 5.91 Å². The molecule has 2 rings (SSSR count). The number of rotatable bonds is 3. The molecule has 2 unspecified atom stereocenters. The molecule has 1 aliphatic rings. The van der Waals surface area contributed by atoms with E-state index in [1.165, 1.54) is 0 Å². The van der Waals surface area contributed by atoms with Gasteiger partial charge in [0.05, 0.1) is 30.1 Å². The maximum absolute atomic E-state index is 12.1. The molecule has 0 saturated carbocycles. The first-order chi connectivity index (χ1) is 9.93. The van der Waals surface area contributed by atoms with E-state index < -0.39 is 0 Å². The minimum absolute atomic E-state index is 0.00870. The van der Waals surface area contributed by atoms with Crippen LogP contribution in [0.4, 0.5) is 11.4 Å². The normalized spacial score (nSPS) is 22.2. The van der Waals surface area contributed by atoms with Gasteiger partial charge >= 0.3 is 0 Å². The summed E-state index contributed by atoms with van der Waals surface area (Å²) in [6.45, 7) is 5.69. The van der Waals surface area contributed by atoms with E-state index in [0.29, 0.717) is 23.9 Å². The molecule has 0 aliphatic carbocycles. The molecule has 2 N–H and O–H groups in total. The van der Waals surface area contributed by atoms with Gasteiger partial charge in [-0.1, -0.05) is 6.92 Å². The highest BCUT2D eigenvalue weighted by atomic mass is 16.5. The number of nitrogens with two attached hydrogens (primary N) is 1. The van der Waals surface area contributed by atoms with Gasteiger partial charge in [0.15, 0.2) is 0 Å². The van der Waals surface area contributed by atoms with E-state index in [1.54, 1.807) is 25.1 Å². The molecular formula is C16H25N3O2. The Hall–Kier alpha value is -1.75.